The molecule has 0 fully saturated rings. The Morgan fingerprint density at radius 2 is 2.24 bits per heavy atom. The van der Waals surface area contributed by atoms with Gasteiger partial charge in [0.05, 0.1) is 5.56 Å². The first-order chi connectivity index (χ1) is 8.04. The minimum atomic E-state index is -0.368. The molecule has 0 spiro atoms. The molecule has 1 rings (SSSR count). The Kier molecular flexibility index (Phi) is 5.44. The summed E-state index contributed by atoms with van der Waals surface area (Å²) >= 11 is 3.27. The number of anilines is 1. The molecule has 0 saturated carbocycles. The summed E-state index contributed by atoms with van der Waals surface area (Å²) in [4.78, 5) is 11.7. The van der Waals surface area contributed by atoms with Gasteiger partial charge in [-0.15, -0.1) is 0 Å². The van der Waals surface area contributed by atoms with E-state index >= 15 is 0 Å². The lowest BCUT2D eigenvalue weighted by Gasteiger charge is -2.13. The molecule has 5 heteroatoms. The van der Waals surface area contributed by atoms with Gasteiger partial charge in [-0.2, -0.15) is 0 Å². The van der Waals surface area contributed by atoms with Gasteiger partial charge in [-0.25, -0.2) is 4.79 Å². The second-order valence-corrected chi connectivity index (χ2v) is 4.59. The van der Waals surface area contributed by atoms with Crippen molar-refractivity contribution in [3.8, 4) is 0 Å². The summed E-state index contributed by atoms with van der Waals surface area (Å²) in [5.74, 6) is -0.368. The Balaban J connectivity index is 2.60. The van der Waals surface area contributed by atoms with Crippen LogP contribution in [0.15, 0.2) is 22.7 Å². The molecule has 4 nitrogen and oxygen atoms in total. The molecule has 0 saturated heterocycles. The average Bonchev–Trinajstić information content (AvgIpc) is 2.30. The zero-order chi connectivity index (χ0) is 12.8. The zero-order valence-electron chi connectivity index (χ0n) is 9.90. The van der Waals surface area contributed by atoms with Crippen LogP contribution in [0, 0.1) is 0 Å². The van der Waals surface area contributed by atoms with Crippen molar-refractivity contribution in [3.05, 3.63) is 28.2 Å². The number of hydrogen-bond donors (Lipinski definition) is 1. The standard InChI is InChI=1S/C12H16BrNO3/c1-8(5-6-16-2)17-12(15)9-3-4-10(13)11(14)7-9/h3-4,7-8H,5-6,14H2,1-2H3. The number of nitrogens with two attached hydrogens (primary N) is 1. The number of benzene rings is 1. The maximum absolute atomic E-state index is 11.7. The SMILES string of the molecule is COCCC(C)OC(=O)c1ccc(Br)c(N)c1. The third kappa shape index (κ3) is 4.36. The quantitative estimate of drug-likeness (QED) is 0.671. The number of halogens is 1. The average molecular weight is 302 g/mol. The van der Waals surface area contributed by atoms with Gasteiger partial charge < -0.3 is 15.2 Å². The van der Waals surface area contributed by atoms with E-state index in [2.05, 4.69) is 15.9 Å². The van der Waals surface area contributed by atoms with Crippen molar-refractivity contribution in [2.45, 2.75) is 19.4 Å². The lowest BCUT2D eigenvalue weighted by molar-refractivity contribution is 0.0267. The molecular weight excluding hydrogens is 286 g/mol. The Labute approximate surface area is 109 Å². The van der Waals surface area contributed by atoms with E-state index in [9.17, 15) is 4.79 Å². The summed E-state index contributed by atoms with van der Waals surface area (Å²) < 4.78 is 10.9. The zero-order valence-corrected chi connectivity index (χ0v) is 11.5. The summed E-state index contributed by atoms with van der Waals surface area (Å²) in [6.07, 6.45) is 0.501. The van der Waals surface area contributed by atoms with E-state index < -0.39 is 0 Å². The van der Waals surface area contributed by atoms with Gasteiger partial charge in [0.1, 0.15) is 6.10 Å². The lowest BCUT2D eigenvalue weighted by atomic mass is 10.2. The van der Waals surface area contributed by atoms with Crippen LogP contribution >= 0.6 is 15.9 Å². The molecule has 17 heavy (non-hydrogen) atoms. The van der Waals surface area contributed by atoms with Crippen LogP contribution in [0.5, 0.6) is 0 Å². The van der Waals surface area contributed by atoms with Crippen molar-refractivity contribution in [1.29, 1.82) is 0 Å². The maximum Gasteiger partial charge on any atom is 0.338 e. The van der Waals surface area contributed by atoms with Crippen molar-refractivity contribution >= 4 is 27.6 Å². The lowest BCUT2D eigenvalue weighted by Crippen LogP contribution is -2.16. The van der Waals surface area contributed by atoms with Gasteiger partial charge >= 0.3 is 5.97 Å². The van der Waals surface area contributed by atoms with Crippen LogP contribution < -0.4 is 5.73 Å². The molecule has 0 radical (unpaired) electrons. The van der Waals surface area contributed by atoms with Crippen LogP contribution in [-0.2, 0) is 9.47 Å². The highest BCUT2D eigenvalue weighted by molar-refractivity contribution is 9.10. The van der Waals surface area contributed by atoms with E-state index in [1.54, 1.807) is 25.3 Å². The van der Waals surface area contributed by atoms with Crippen molar-refractivity contribution < 1.29 is 14.3 Å². The molecule has 0 amide bonds. The van der Waals surface area contributed by atoms with Crippen LogP contribution in [0.1, 0.15) is 23.7 Å². The number of methoxy groups -OCH3 is 1. The minimum absolute atomic E-state index is 0.174. The first-order valence-electron chi connectivity index (χ1n) is 5.29. The highest BCUT2D eigenvalue weighted by Crippen LogP contribution is 2.21. The second kappa shape index (κ2) is 6.61. The second-order valence-electron chi connectivity index (χ2n) is 3.73. The summed E-state index contributed by atoms with van der Waals surface area (Å²) in [5.41, 5.74) is 6.67. The van der Waals surface area contributed by atoms with E-state index in [1.807, 2.05) is 6.92 Å². The number of hydrogen-bond acceptors (Lipinski definition) is 4. The summed E-state index contributed by atoms with van der Waals surface area (Å²) in [7, 11) is 1.62. The van der Waals surface area contributed by atoms with Crippen LogP contribution in [0.2, 0.25) is 0 Å². The van der Waals surface area contributed by atoms with Crippen LogP contribution in [0.4, 0.5) is 5.69 Å². The van der Waals surface area contributed by atoms with E-state index in [4.69, 9.17) is 15.2 Å². The molecule has 0 aliphatic rings. The molecule has 1 atom stereocenters. The fourth-order valence-corrected chi connectivity index (χ4v) is 1.51. The van der Waals surface area contributed by atoms with E-state index in [-0.39, 0.29) is 12.1 Å². The third-order valence-corrected chi connectivity index (χ3v) is 2.99. The van der Waals surface area contributed by atoms with E-state index in [0.717, 1.165) is 4.47 Å². The monoisotopic (exact) mass is 301 g/mol. The number of carbonyl (C=O) groups excluding carboxylic acids is 1. The highest BCUT2D eigenvalue weighted by atomic mass is 79.9. The van der Waals surface area contributed by atoms with Crippen LogP contribution in [0.25, 0.3) is 0 Å². The predicted molar refractivity (Wildman–Crippen MR) is 69.9 cm³/mol. The first kappa shape index (κ1) is 14.0. The van der Waals surface area contributed by atoms with Crippen molar-refractivity contribution in [1.82, 2.24) is 0 Å². The molecule has 2 N–H and O–H groups in total. The van der Waals surface area contributed by atoms with Gasteiger partial charge in [0, 0.05) is 30.3 Å². The number of esters is 1. The van der Waals surface area contributed by atoms with Gasteiger partial charge in [-0.1, -0.05) is 0 Å². The molecule has 1 aromatic carbocycles. The van der Waals surface area contributed by atoms with Gasteiger partial charge in [-0.3, -0.25) is 0 Å². The molecule has 1 unspecified atom stereocenters. The number of carbonyl (C=O) groups is 1. The van der Waals surface area contributed by atoms with Crippen molar-refractivity contribution in [2.75, 3.05) is 19.5 Å². The Bertz CT molecular complexity index is 395. The van der Waals surface area contributed by atoms with E-state index in [1.165, 1.54) is 0 Å². The highest BCUT2D eigenvalue weighted by Gasteiger charge is 2.12. The van der Waals surface area contributed by atoms with Gasteiger partial charge in [0.15, 0.2) is 0 Å². The predicted octanol–water partition coefficient (Wildman–Crippen LogP) is 2.61. The van der Waals surface area contributed by atoms with Crippen LogP contribution in [-0.4, -0.2) is 25.8 Å². The molecule has 0 aromatic heterocycles. The Hall–Kier alpha value is -1.07. The minimum Gasteiger partial charge on any atom is -0.459 e. The van der Waals surface area contributed by atoms with Crippen molar-refractivity contribution in [3.63, 3.8) is 0 Å². The van der Waals surface area contributed by atoms with E-state index in [0.29, 0.717) is 24.3 Å². The molecular formula is C12H16BrNO3. The molecule has 0 aliphatic heterocycles. The van der Waals surface area contributed by atoms with Crippen molar-refractivity contribution in [2.24, 2.45) is 0 Å². The largest absolute Gasteiger partial charge is 0.459 e. The number of ether oxygens (including phenoxy) is 2. The van der Waals surface area contributed by atoms with Gasteiger partial charge in [-0.05, 0) is 41.1 Å². The summed E-state index contributed by atoms with van der Waals surface area (Å²) in [6.45, 7) is 2.40. The topological polar surface area (TPSA) is 61.5 Å². The third-order valence-electron chi connectivity index (χ3n) is 2.27. The van der Waals surface area contributed by atoms with Gasteiger partial charge in [0.2, 0.25) is 0 Å². The van der Waals surface area contributed by atoms with Gasteiger partial charge in [0.25, 0.3) is 0 Å². The maximum atomic E-state index is 11.7. The fraction of sp³-hybridized carbons (Fsp3) is 0.417. The molecule has 1 aromatic rings. The Morgan fingerprint density at radius 1 is 1.53 bits per heavy atom. The number of nitrogen functional groups attached to an aromatic ring is 1. The van der Waals surface area contributed by atoms with Crippen LogP contribution in [0.3, 0.4) is 0 Å². The molecule has 0 aliphatic carbocycles. The Morgan fingerprint density at radius 3 is 2.82 bits per heavy atom. The smallest absolute Gasteiger partial charge is 0.338 e. The fourth-order valence-electron chi connectivity index (χ4n) is 1.26. The summed E-state index contributed by atoms with van der Waals surface area (Å²) in [5, 5.41) is 0. The number of rotatable bonds is 5. The molecule has 94 valence electrons. The molecule has 0 heterocycles. The normalized spacial score (nSPS) is 12.2. The first-order valence-corrected chi connectivity index (χ1v) is 6.09. The molecule has 0 bridgehead atoms. The summed E-state index contributed by atoms with van der Waals surface area (Å²) in [6, 6.07) is 4.99.